The van der Waals surface area contributed by atoms with Crippen LogP contribution in [0.1, 0.15) is 46.5 Å². The van der Waals surface area contributed by atoms with Gasteiger partial charge in [0, 0.05) is 11.3 Å². The number of ketones is 1. The lowest BCUT2D eigenvalue weighted by Crippen LogP contribution is -2.66. The molecule has 0 bridgehead atoms. The van der Waals surface area contributed by atoms with Crippen molar-refractivity contribution in [3.63, 3.8) is 0 Å². The molecule has 0 aromatic carbocycles. The van der Waals surface area contributed by atoms with Crippen molar-refractivity contribution in [3.05, 3.63) is 23.8 Å². The van der Waals surface area contributed by atoms with Gasteiger partial charge in [0.1, 0.15) is 12.4 Å². The number of hydrogen-bond donors (Lipinski definition) is 2. The summed E-state index contributed by atoms with van der Waals surface area (Å²) in [5.74, 6) is -0.679. The second-order valence-electron chi connectivity index (χ2n) is 9.72. The summed E-state index contributed by atoms with van der Waals surface area (Å²) in [7, 11) is 0. The predicted molar refractivity (Wildman–Crippen MR) is 98.5 cm³/mol. The van der Waals surface area contributed by atoms with Crippen LogP contribution in [0.25, 0.3) is 0 Å². The smallest absolute Gasteiger partial charge is 0.178 e. The minimum absolute atomic E-state index is 0.00935. The topological polar surface area (TPSA) is 74.6 Å². The van der Waals surface area contributed by atoms with Crippen molar-refractivity contribution >= 4 is 12.1 Å². The number of carbonyl (C=O) groups is 2. The Hall–Kier alpha value is -1.33. The van der Waals surface area contributed by atoms with E-state index < -0.39 is 28.7 Å². The number of fused-ring (bicyclic) bond motifs is 5. The summed E-state index contributed by atoms with van der Waals surface area (Å²) < 4.78 is 16.8. The highest BCUT2D eigenvalue weighted by atomic mass is 19.1. The van der Waals surface area contributed by atoms with E-state index in [-0.39, 0.29) is 35.9 Å². The van der Waals surface area contributed by atoms with E-state index in [2.05, 4.69) is 0 Å². The normalized spacial score (nSPS) is 52.4. The maximum atomic E-state index is 16.8. The van der Waals surface area contributed by atoms with E-state index in [1.165, 1.54) is 12.2 Å². The van der Waals surface area contributed by atoms with Crippen LogP contribution >= 0.6 is 0 Å². The Bertz CT molecular complexity index is 745. The number of allylic oxidation sites excluding steroid dienone is 4. The highest BCUT2D eigenvalue weighted by molar-refractivity contribution is 6.01. The van der Waals surface area contributed by atoms with E-state index in [0.29, 0.717) is 19.1 Å². The van der Waals surface area contributed by atoms with Gasteiger partial charge in [-0.2, -0.15) is 0 Å². The average Bonchev–Trinajstić information content (AvgIpc) is 2.86. The third kappa shape index (κ3) is 2.21. The van der Waals surface area contributed by atoms with E-state index in [9.17, 15) is 19.8 Å². The van der Waals surface area contributed by atoms with Crippen LogP contribution in [-0.2, 0) is 9.59 Å². The van der Waals surface area contributed by atoms with Gasteiger partial charge < -0.3 is 15.0 Å². The van der Waals surface area contributed by atoms with E-state index in [1.54, 1.807) is 13.0 Å². The van der Waals surface area contributed by atoms with Crippen molar-refractivity contribution in [2.24, 2.45) is 34.5 Å². The molecule has 3 fully saturated rings. The first-order valence-corrected chi connectivity index (χ1v) is 10.0. The second kappa shape index (κ2) is 5.84. The molecule has 148 valence electrons. The summed E-state index contributed by atoms with van der Waals surface area (Å²) in [6.45, 7) is 5.83. The summed E-state index contributed by atoms with van der Waals surface area (Å²) in [4.78, 5) is 23.1. The molecule has 0 radical (unpaired) electrons. The fourth-order valence-electron chi connectivity index (χ4n) is 7.43. The molecule has 3 saturated carbocycles. The number of hydrogen-bond acceptors (Lipinski definition) is 4. The van der Waals surface area contributed by atoms with Gasteiger partial charge in [-0.1, -0.05) is 25.5 Å². The molecule has 2 N–H and O–H groups in total. The van der Waals surface area contributed by atoms with Crippen molar-refractivity contribution in [2.45, 2.75) is 64.3 Å². The van der Waals surface area contributed by atoms with Crippen molar-refractivity contribution < 1.29 is 24.2 Å². The van der Waals surface area contributed by atoms with Crippen LogP contribution in [0.2, 0.25) is 0 Å². The predicted octanol–water partition coefficient (Wildman–Crippen LogP) is 2.78. The molecule has 4 unspecified atom stereocenters. The molecule has 9 atom stereocenters. The molecule has 0 heterocycles. The third-order valence-corrected chi connectivity index (χ3v) is 8.58. The van der Waals surface area contributed by atoms with Crippen LogP contribution in [0.4, 0.5) is 4.39 Å². The first-order valence-electron chi connectivity index (χ1n) is 10.0. The van der Waals surface area contributed by atoms with Gasteiger partial charge in [-0.25, -0.2) is 4.39 Å². The van der Waals surface area contributed by atoms with Crippen LogP contribution in [0.15, 0.2) is 23.8 Å². The Morgan fingerprint density at radius 3 is 2.70 bits per heavy atom. The molecule has 4 aliphatic rings. The molecule has 0 amide bonds. The lowest BCUT2D eigenvalue weighted by atomic mass is 9.45. The van der Waals surface area contributed by atoms with E-state index >= 15 is 4.39 Å². The van der Waals surface area contributed by atoms with Gasteiger partial charge in [0.15, 0.2) is 11.5 Å². The van der Waals surface area contributed by atoms with Gasteiger partial charge in [-0.05, 0) is 67.9 Å². The third-order valence-electron chi connectivity index (χ3n) is 8.58. The summed E-state index contributed by atoms with van der Waals surface area (Å²) in [6.07, 6.45) is 5.07. The Morgan fingerprint density at radius 2 is 2.04 bits per heavy atom. The SMILES string of the molecule is CC1C[C@H]2[C@@H]3CCC4=CC(=O)C=C[C@]4(C)[C@@]3(F)C(O)C[C@]2(C)C1C(O)C=O. The van der Waals surface area contributed by atoms with Crippen molar-refractivity contribution in [1.82, 2.24) is 0 Å². The Balaban J connectivity index is 1.80. The van der Waals surface area contributed by atoms with E-state index in [1.807, 2.05) is 13.8 Å². The van der Waals surface area contributed by atoms with Crippen molar-refractivity contribution in [2.75, 3.05) is 0 Å². The number of alkyl halides is 1. The van der Waals surface area contributed by atoms with Gasteiger partial charge in [-0.3, -0.25) is 4.79 Å². The maximum absolute atomic E-state index is 16.8. The Labute approximate surface area is 159 Å². The summed E-state index contributed by atoms with van der Waals surface area (Å²) in [5, 5.41) is 21.5. The van der Waals surface area contributed by atoms with E-state index in [4.69, 9.17) is 0 Å². The van der Waals surface area contributed by atoms with Crippen LogP contribution in [0.5, 0.6) is 0 Å². The quantitative estimate of drug-likeness (QED) is 0.727. The summed E-state index contributed by atoms with van der Waals surface area (Å²) in [5.41, 5.74) is -2.55. The lowest BCUT2D eigenvalue weighted by molar-refractivity contribution is -0.199. The molecular formula is C22H29FO4. The number of rotatable bonds is 2. The molecule has 4 nitrogen and oxygen atoms in total. The number of aldehydes is 1. The minimum Gasteiger partial charge on any atom is -0.390 e. The molecule has 0 spiro atoms. The standard InChI is InChI=1S/C22H29FO4/c1-12-8-16-15-5-4-13-9-14(25)6-7-21(13,3)22(15,23)18(27)10-20(16,2)19(12)17(26)11-24/h6-7,9,11-12,15-19,26-27H,4-5,8,10H2,1-3H3/t12?,15-,16-,17?,18?,19?,20-,21-,22-/m0/s1. The number of aliphatic hydroxyl groups excluding tert-OH is 2. The van der Waals surface area contributed by atoms with Crippen LogP contribution in [0, 0.1) is 34.5 Å². The van der Waals surface area contributed by atoms with Gasteiger partial charge in [0.2, 0.25) is 0 Å². The number of aliphatic hydroxyl groups is 2. The summed E-state index contributed by atoms with van der Waals surface area (Å²) in [6, 6.07) is 0. The maximum Gasteiger partial charge on any atom is 0.178 e. The summed E-state index contributed by atoms with van der Waals surface area (Å²) >= 11 is 0. The average molecular weight is 376 g/mol. The fraction of sp³-hybridized carbons (Fsp3) is 0.727. The molecule has 0 saturated heterocycles. The number of carbonyl (C=O) groups excluding carboxylic acids is 2. The highest BCUT2D eigenvalue weighted by Gasteiger charge is 2.71. The monoisotopic (exact) mass is 376 g/mol. The molecule has 4 rings (SSSR count). The van der Waals surface area contributed by atoms with Gasteiger partial charge in [0.05, 0.1) is 6.10 Å². The first kappa shape index (κ1) is 19.0. The zero-order valence-corrected chi connectivity index (χ0v) is 16.2. The zero-order valence-electron chi connectivity index (χ0n) is 16.2. The molecule has 0 aromatic rings. The molecule has 5 heteroatoms. The fourth-order valence-corrected chi connectivity index (χ4v) is 7.43. The number of halogens is 1. The largest absolute Gasteiger partial charge is 0.390 e. The molecule has 4 aliphatic carbocycles. The van der Waals surface area contributed by atoms with Crippen LogP contribution < -0.4 is 0 Å². The van der Waals surface area contributed by atoms with Gasteiger partial charge in [-0.15, -0.1) is 0 Å². The van der Waals surface area contributed by atoms with Crippen LogP contribution in [0.3, 0.4) is 0 Å². The first-order chi connectivity index (χ1) is 12.6. The van der Waals surface area contributed by atoms with Gasteiger partial charge >= 0.3 is 0 Å². The minimum atomic E-state index is -1.85. The van der Waals surface area contributed by atoms with Crippen LogP contribution in [-0.4, -0.2) is 40.2 Å². The van der Waals surface area contributed by atoms with Crippen molar-refractivity contribution in [1.29, 1.82) is 0 Å². The lowest BCUT2D eigenvalue weighted by Gasteiger charge is -2.62. The van der Waals surface area contributed by atoms with Gasteiger partial charge in [0.25, 0.3) is 0 Å². The Morgan fingerprint density at radius 1 is 1.33 bits per heavy atom. The molecular weight excluding hydrogens is 347 g/mol. The zero-order chi connectivity index (χ0) is 19.8. The second-order valence-corrected chi connectivity index (χ2v) is 9.72. The molecule has 0 aromatic heterocycles. The Kier molecular flexibility index (Phi) is 4.11. The molecule has 0 aliphatic heterocycles. The highest BCUT2D eigenvalue weighted by Crippen LogP contribution is 2.69. The molecule has 27 heavy (non-hydrogen) atoms. The van der Waals surface area contributed by atoms with E-state index in [0.717, 1.165) is 12.0 Å². The van der Waals surface area contributed by atoms with Crippen molar-refractivity contribution in [3.8, 4) is 0 Å².